The number of hydrogen-bond donors (Lipinski definition) is 0. The highest BCUT2D eigenvalue weighted by molar-refractivity contribution is 5.95. The SMILES string of the molecule is CC(=O)N1CCc2c(N3CCCC3)cccc21. The number of benzene rings is 1. The highest BCUT2D eigenvalue weighted by atomic mass is 16.2. The zero-order valence-corrected chi connectivity index (χ0v) is 10.3. The number of amides is 1. The van der Waals surface area contributed by atoms with Crippen LogP contribution in [0.5, 0.6) is 0 Å². The molecular formula is C14H18N2O. The van der Waals surface area contributed by atoms with Crippen molar-refractivity contribution in [3.05, 3.63) is 23.8 Å². The molecule has 17 heavy (non-hydrogen) atoms. The normalized spacial score (nSPS) is 18.6. The first-order valence-electron chi connectivity index (χ1n) is 6.42. The maximum Gasteiger partial charge on any atom is 0.223 e. The van der Waals surface area contributed by atoms with Crippen molar-refractivity contribution in [2.24, 2.45) is 0 Å². The van der Waals surface area contributed by atoms with Crippen LogP contribution >= 0.6 is 0 Å². The van der Waals surface area contributed by atoms with Gasteiger partial charge < -0.3 is 9.80 Å². The Morgan fingerprint density at radius 1 is 1.12 bits per heavy atom. The predicted molar refractivity (Wildman–Crippen MR) is 69.6 cm³/mol. The highest BCUT2D eigenvalue weighted by Crippen LogP contribution is 2.36. The van der Waals surface area contributed by atoms with E-state index in [-0.39, 0.29) is 5.91 Å². The van der Waals surface area contributed by atoms with E-state index in [1.54, 1.807) is 6.92 Å². The van der Waals surface area contributed by atoms with E-state index in [2.05, 4.69) is 23.1 Å². The van der Waals surface area contributed by atoms with Gasteiger partial charge >= 0.3 is 0 Å². The fourth-order valence-corrected chi connectivity index (χ4v) is 3.00. The second kappa shape index (κ2) is 4.06. The summed E-state index contributed by atoms with van der Waals surface area (Å²) in [6.45, 7) is 4.82. The Hall–Kier alpha value is -1.51. The molecule has 1 aromatic carbocycles. The number of nitrogens with zero attached hydrogens (tertiary/aromatic N) is 2. The largest absolute Gasteiger partial charge is 0.371 e. The van der Waals surface area contributed by atoms with Crippen LogP contribution in [-0.2, 0) is 11.2 Å². The number of hydrogen-bond acceptors (Lipinski definition) is 2. The van der Waals surface area contributed by atoms with Gasteiger partial charge in [-0.1, -0.05) is 6.07 Å². The van der Waals surface area contributed by atoms with Crippen molar-refractivity contribution in [2.45, 2.75) is 26.2 Å². The molecule has 0 bridgehead atoms. The van der Waals surface area contributed by atoms with Crippen LogP contribution in [0.1, 0.15) is 25.3 Å². The number of carbonyl (C=O) groups excluding carboxylic acids is 1. The number of rotatable bonds is 1. The van der Waals surface area contributed by atoms with Gasteiger partial charge in [-0.05, 0) is 31.4 Å². The summed E-state index contributed by atoms with van der Waals surface area (Å²) in [4.78, 5) is 15.9. The third-order valence-corrected chi connectivity index (χ3v) is 3.83. The highest BCUT2D eigenvalue weighted by Gasteiger charge is 2.26. The monoisotopic (exact) mass is 230 g/mol. The molecule has 0 unspecified atom stereocenters. The van der Waals surface area contributed by atoms with Gasteiger partial charge in [0, 0.05) is 43.5 Å². The minimum absolute atomic E-state index is 0.155. The summed E-state index contributed by atoms with van der Waals surface area (Å²) in [5.41, 5.74) is 3.84. The lowest BCUT2D eigenvalue weighted by molar-refractivity contribution is -0.116. The van der Waals surface area contributed by atoms with Crippen LogP contribution in [0.25, 0.3) is 0 Å². The minimum atomic E-state index is 0.155. The lowest BCUT2D eigenvalue weighted by Crippen LogP contribution is -2.25. The first-order chi connectivity index (χ1) is 8.27. The molecule has 0 N–H and O–H groups in total. The van der Waals surface area contributed by atoms with Crippen molar-refractivity contribution in [3.63, 3.8) is 0 Å². The molecule has 1 aromatic rings. The lowest BCUT2D eigenvalue weighted by Gasteiger charge is -2.22. The third kappa shape index (κ3) is 1.70. The molecule has 1 saturated heterocycles. The fourth-order valence-electron chi connectivity index (χ4n) is 3.00. The van der Waals surface area contributed by atoms with Gasteiger partial charge in [0.05, 0.1) is 0 Å². The maximum atomic E-state index is 11.6. The van der Waals surface area contributed by atoms with Gasteiger partial charge in [-0.2, -0.15) is 0 Å². The van der Waals surface area contributed by atoms with E-state index in [1.807, 2.05) is 4.90 Å². The molecule has 0 aliphatic carbocycles. The van der Waals surface area contributed by atoms with E-state index in [0.717, 1.165) is 31.7 Å². The van der Waals surface area contributed by atoms with E-state index in [0.29, 0.717) is 0 Å². The Labute approximate surface area is 102 Å². The van der Waals surface area contributed by atoms with Crippen molar-refractivity contribution in [2.75, 3.05) is 29.4 Å². The molecule has 0 aromatic heterocycles. The summed E-state index contributed by atoms with van der Waals surface area (Å²) in [7, 11) is 0. The predicted octanol–water partition coefficient (Wildman–Crippen LogP) is 2.20. The third-order valence-electron chi connectivity index (χ3n) is 3.83. The molecule has 0 spiro atoms. The lowest BCUT2D eigenvalue weighted by atomic mass is 10.1. The van der Waals surface area contributed by atoms with E-state index in [4.69, 9.17) is 0 Å². The van der Waals surface area contributed by atoms with Crippen LogP contribution in [0.2, 0.25) is 0 Å². The summed E-state index contributed by atoms with van der Waals surface area (Å²) in [5.74, 6) is 0.155. The van der Waals surface area contributed by atoms with Gasteiger partial charge in [0.1, 0.15) is 0 Å². The van der Waals surface area contributed by atoms with Gasteiger partial charge in [0.15, 0.2) is 0 Å². The summed E-state index contributed by atoms with van der Waals surface area (Å²) in [6, 6.07) is 6.35. The van der Waals surface area contributed by atoms with Crippen molar-refractivity contribution < 1.29 is 4.79 Å². The number of fused-ring (bicyclic) bond motifs is 1. The van der Waals surface area contributed by atoms with Crippen LogP contribution in [0.4, 0.5) is 11.4 Å². The van der Waals surface area contributed by atoms with E-state index in [9.17, 15) is 4.79 Å². The second-order valence-corrected chi connectivity index (χ2v) is 4.89. The number of anilines is 2. The van der Waals surface area contributed by atoms with Crippen molar-refractivity contribution in [1.29, 1.82) is 0 Å². The molecule has 1 fully saturated rings. The molecule has 90 valence electrons. The molecule has 3 heteroatoms. The Bertz CT molecular complexity index is 450. The molecule has 0 radical (unpaired) electrons. The molecule has 2 aliphatic rings. The maximum absolute atomic E-state index is 11.6. The zero-order valence-electron chi connectivity index (χ0n) is 10.3. The van der Waals surface area contributed by atoms with Crippen LogP contribution in [0.15, 0.2) is 18.2 Å². The summed E-state index contributed by atoms with van der Waals surface area (Å²) in [5, 5.41) is 0. The summed E-state index contributed by atoms with van der Waals surface area (Å²) in [6.07, 6.45) is 3.59. The van der Waals surface area contributed by atoms with Crippen LogP contribution < -0.4 is 9.80 Å². The van der Waals surface area contributed by atoms with Crippen LogP contribution in [0, 0.1) is 0 Å². The Balaban J connectivity index is 2.00. The topological polar surface area (TPSA) is 23.6 Å². The van der Waals surface area contributed by atoms with Gasteiger partial charge in [0.25, 0.3) is 0 Å². The number of carbonyl (C=O) groups is 1. The van der Waals surface area contributed by atoms with Crippen molar-refractivity contribution in [3.8, 4) is 0 Å². The second-order valence-electron chi connectivity index (χ2n) is 4.89. The Kier molecular flexibility index (Phi) is 2.54. The smallest absolute Gasteiger partial charge is 0.223 e. The summed E-state index contributed by atoms with van der Waals surface area (Å²) >= 11 is 0. The molecule has 1 amide bonds. The summed E-state index contributed by atoms with van der Waals surface area (Å²) < 4.78 is 0. The quantitative estimate of drug-likeness (QED) is 0.738. The van der Waals surface area contributed by atoms with E-state index in [1.165, 1.54) is 24.1 Å². The average Bonchev–Trinajstić information content (AvgIpc) is 2.97. The molecular weight excluding hydrogens is 212 g/mol. The first-order valence-corrected chi connectivity index (χ1v) is 6.42. The van der Waals surface area contributed by atoms with Crippen LogP contribution in [0.3, 0.4) is 0 Å². The van der Waals surface area contributed by atoms with Crippen molar-refractivity contribution in [1.82, 2.24) is 0 Å². The molecule has 0 saturated carbocycles. The molecule has 2 heterocycles. The van der Waals surface area contributed by atoms with Gasteiger partial charge in [0.2, 0.25) is 5.91 Å². The first kappa shape index (κ1) is 10.6. The van der Waals surface area contributed by atoms with E-state index >= 15 is 0 Å². The zero-order chi connectivity index (χ0) is 11.8. The minimum Gasteiger partial charge on any atom is -0.371 e. The van der Waals surface area contributed by atoms with Crippen LogP contribution in [-0.4, -0.2) is 25.5 Å². The Morgan fingerprint density at radius 2 is 1.82 bits per heavy atom. The van der Waals surface area contributed by atoms with Gasteiger partial charge in [-0.25, -0.2) is 0 Å². The van der Waals surface area contributed by atoms with Gasteiger partial charge in [-0.15, -0.1) is 0 Å². The molecule has 2 aliphatic heterocycles. The van der Waals surface area contributed by atoms with Gasteiger partial charge in [-0.3, -0.25) is 4.79 Å². The average molecular weight is 230 g/mol. The van der Waals surface area contributed by atoms with Crippen molar-refractivity contribution >= 4 is 17.3 Å². The molecule has 3 nitrogen and oxygen atoms in total. The fraction of sp³-hybridized carbons (Fsp3) is 0.500. The molecule has 3 rings (SSSR count). The standard InChI is InChI=1S/C14H18N2O/c1-11(17)16-10-7-12-13(5-4-6-14(12)16)15-8-2-3-9-15/h4-6H,2-3,7-10H2,1H3. The molecule has 0 atom stereocenters. The van der Waals surface area contributed by atoms with E-state index < -0.39 is 0 Å². The Morgan fingerprint density at radius 3 is 2.53 bits per heavy atom.